The fraction of sp³-hybridized carbons (Fsp3) is 0.350. The van der Waals surface area contributed by atoms with E-state index in [0.29, 0.717) is 19.8 Å². The highest BCUT2D eigenvalue weighted by Gasteiger charge is 2.25. The Kier molecular flexibility index (Phi) is 6.16. The first-order chi connectivity index (χ1) is 13.1. The minimum Gasteiger partial charge on any atom is -0.379 e. The molecule has 1 heterocycles. The number of nitro groups is 1. The Morgan fingerprint density at radius 2 is 1.96 bits per heavy atom. The van der Waals surface area contributed by atoms with Crippen LogP contribution in [-0.4, -0.2) is 48.6 Å². The van der Waals surface area contributed by atoms with Gasteiger partial charge in [0, 0.05) is 25.7 Å². The second-order valence-corrected chi connectivity index (χ2v) is 6.56. The van der Waals surface area contributed by atoms with Crippen molar-refractivity contribution in [2.45, 2.75) is 13.0 Å². The molecule has 1 atom stereocenters. The van der Waals surface area contributed by atoms with Crippen LogP contribution in [-0.2, 0) is 4.74 Å². The summed E-state index contributed by atoms with van der Waals surface area (Å²) in [6, 6.07) is 14.2. The monoisotopic (exact) mass is 369 g/mol. The molecule has 7 nitrogen and oxygen atoms in total. The lowest BCUT2D eigenvalue weighted by Gasteiger charge is -2.35. The number of benzene rings is 2. The van der Waals surface area contributed by atoms with Crippen molar-refractivity contribution in [3.05, 3.63) is 75.3 Å². The van der Waals surface area contributed by atoms with Crippen LogP contribution in [0.1, 0.15) is 27.5 Å². The molecule has 0 aromatic heterocycles. The van der Waals surface area contributed by atoms with Gasteiger partial charge < -0.3 is 10.1 Å². The highest BCUT2D eigenvalue weighted by molar-refractivity contribution is 5.98. The van der Waals surface area contributed by atoms with Crippen LogP contribution in [0.4, 0.5) is 5.69 Å². The number of morpholine rings is 1. The van der Waals surface area contributed by atoms with Crippen LogP contribution < -0.4 is 5.32 Å². The molecule has 1 aliphatic rings. The molecule has 2 aromatic carbocycles. The van der Waals surface area contributed by atoms with Gasteiger partial charge in [0.05, 0.1) is 24.2 Å². The molecule has 27 heavy (non-hydrogen) atoms. The lowest BCUT2D eigenvalue weighted by atomic mass is 10.0. The maximum Gasteiger partial charge on any atom is 0.282 e. The Balaban J connectivity index is 1.78. The summed E-state index contributed by atoms with van der Waals surface area (Å²) in [5.41, 5.74) is 2.15. The van der Waals surface area contributed by atoms with E-state index in [9.17, 15) is 14.9 Å². The fourth-order valence-electron chi connectivity index (χ4n) is 3.33. The van der Waals surface area contributed by atoms with Crippen LogP contribution in [0.5, 0.6) is 0 Å². The van der Waals surface area contributed by atoms with E-state index in [1.54, 1.807) is 12.1 Å². The third kappa shape index (κ3) is 4.69. The first-order valence-electron chi connectivity index (χ1n) is 8.96. The van der Waals surface area contributed by atoms with E-state index in [1.165, 1.54) is 12.1 Å². The maximum atomic E-state index is 12.6. The second-order valence-electron chi connectivity index (χ2n) is 6.56. The smallest absolute Gasteiger partial charge is 0.282 e. The number of carbonyl (C=O) groups excluding carboxylic acids is 1. The van der Waals surface area contributed by atoms with Crippen LogP contribution in [0.25, 0.3) is 0 Å². The van der Waals surface area contributed by atoms with Crippen LogP contribution in [0.15, 0.2) is 48.5 Å². The van der Waals surface area contributed by atoms with Crippen molar-refractivity contribution in [2.24, 2.45) is 0 Å². The summed E-state index contributed by atoms with van der Waals surface area (Å²) in [6.45, 7) is 5.26. The molecule has 0 saturated carbocycles. The van der Waals surface area contributed by atoms with Crippen molar-refractivity contribution >= 4 is 11.6 Å². The number of ether oxygens (including phenoxy) is 1. The number of nitrogens with one attached hydrogen (secondary N) is 1. The molecule has 0 radical (unpaired) electrons. The van der Waals surface area contributed by atoms with Gasteiger partial charge in [-0.3, -0.25) is 19.8 Å². The van der Waals surface area contributed by atoms with Crippen molar-refractivity contribution < 1.29 is 14.5 Å². The highest BCUT2D eigenvalue weighted by Crippen LogP contribution is 2.23. The van der Waals surface area contributed by atoms with E-state index in [1.807, 2.05) is 25.1 Å². The quantitative estimate of drug-likeness (QED) is 0.625. The molecular weight excluding hydrogens is 346 g/mol. The topological polar surface area (TPSA) is 84.7 Å². The summed E-state index contributed by atoms with van der Waals surface area (Å²) in [6.07, 6.45) is 0. The average Bonchev–Trinajstić information content (AvgIpc) is 2.69. The molecule has 1 saturated heterocycles. The Hall–Kier alpha value is -2.77. The second kappa shape index (κ2) is 8.75. The highest BCUT2D eigenvalue weighted by atomic mass is 16.6. The Bertz CT molecular complexity index is 818. The third-order valence-corrected chi connectivity index (χ3v) is 4.71. The Morgan fingerprint density at radius 1 is 1.22 bits per heavy atom. The number of nitro benzene ring substituents is 1. The van der Waals surface area contributed by atoms with Gasteiger partial charge in [-0.25, -0.2) is 0 Å². The standard InChI is InChI=1S/C20H23N3O4/c1-15-5-4-6-16(13-15)19(22-9-11-27-12-10-22)14-21-20(24)17-7-2-3-8-18(17)23(25)26/h2-8,13,19H,9-12,14H2,1H3,(H,21,24). The summed E-state index contributed by atoms with van der Waals surface area (Å²) in [7, 11) is 0. The van der Waals surface area contributed by atoms with Gasteiger partial charge in [-0.05, 0) is 18.6 Å². The van der Waals surface area contributed by atoms with Crippen LogP contribution in [0.2, 0.25) is 0 Å². The number of hydrogen-bond donors (Lipinski definition) is 1. The third-order valence-electron chi connectivity index (χ3n) is 4.71. The molecule has 2 aromatic rings. The van der Waals surface area contributed by atoms with Crippen molar-refractivity contribution in [3.8, 4) is 0 Å². The summed E-state index contributed by atoms with van der Waals surface area (Å²) < 4.78 is 5.44. The van der Waals surface area contributed by atoms with Crippen LogP contribution >= 0.6 is 0 Å². The average molecular weight is 369 g/mol. The van der Waals surface area contributed by atoms with E-state index >= 15 is 0 Å². The fourth-order valence-corrected chi connectivity index (χ4v) is 3.33. The van der Waals surface area contributed by atoms with Crippen LogP contribution in [0, 0.1) is 17.0 Å². The largest absolute Gasteiger partial charge is 0.379 e. The molecule has 0 aliphatic carbocycles. The van der Waals surface area contributed by atoms with Gasteiger partial charge in [-0.2, -0.15) is 0 Å². The molecule has 0 bridgehead atoms. The molecule has 142 valence electrons. The van der Waals surface area contributed by atoms with Gasteiger partial charge in [-0.15, -0.1) is 0 Å². The van der Waals surface area contributed by atoms with Gasteiger partial charge in [-0.1, -0.05) is 42.0 Å². The zero-order valence-corrected chi connectivity index (χ0v) is 15.3. The number of hydrogen-bond acceptors (Lipinski definition) is 5. The van der Waals surface area contributed by atoms with E-state index in [-0.39, 0.29) is 17.3 Å². The number of amides is 1. The van der Waals surface area contributed by atoms with Crippen molar-refractivity contribution in [2.75, 3.05) is 32.8 Å². The summed E-state index contributed by atoms with van der Waals surface area (Å²) >= 11 is 0. The summed E-state index contributed by atoms with van der Waals surface area (Å²) in [5.74, 6) is -0.437. The predicted molar refractivity (Wildman–Crippen MR) is 102 cm³/mol. The first-order valence-corrected chi connectivity index (χ1v) is 8.96. The molecular formula is C20H23N3O4. The minimum atomic E-state index is -0.533. The zero-order chi connectivity index (χ0) is 19.2. The predicted octanol–water partition coefficient (Wildman–Crippen LogP) is 2.71. The molecule has 1 N–H and O–H groups in total. The summed E-state index contributed by atoms with van der Waals surface area (Å²) in [4.78, 5) is 25.5. The molecule has 7 heteroatoms. The van der Waals surface area contributed by atoms with Gasteiger partial charge in [0.2, 0.25) is 0 Å². The number of aryl methyl sites for hydroxylation is 1. The Labute approximate surface area is 158 Å². The number of nitrogens with zero attached hydrogens (tertiary/aromatic N) is 2. The van der Waals surface area contributed by atoms with Crippen molar-refractivity contribution in [1.82, 2.24) is 10.2 Å². The van der Waals surface area contributed by atoms with E-state index in [2.05, 4.69) is 16.3 Å². The SMILES string of the molecule is Cc1cccc(C(CNC(=O)c2ccccc2[N+](=O)[O-])N2CCOCC2)c1. The normalized spacial score (nSPS) is 15.9. The number of rotatable bonds is 6. The molecule has 0 spiro atoms. The van der Waals surface area contributed by atoms with Gasteiger partial charge in [0.15, 0.2) is 0 Å². The molecule has 3 rings (SSSR count). The molecule has 1 amide bonds. The van der Waals surface area contributed by atoms with E-state index in [4.69, 9.17) is 4.74 Å². The Morgan fingerprint density at radius 3 is 2.67 bits per heavy atom. The van der Waals surface area contributed by atoms with Crippen molar-refractivity contribution in [3.63, 3.8) is 0 Å². The zero-order valence-electron chi connectivity index (χ0n) is 15.3. The van der Waals surface area contributed by atoms with Gasteiger partial charge in [0.1, 0.15) is 5.56 Å². The van der Waals surface area contributed by atoms with Gasteiger partial charge >= 0.3 is 0 Å². The van der Waals surface area contributed by atoms with E-state index in [0.717, 1.165) is 24.2 Å². The number of carbonyl (C=O) groups is 1. The van der Waals surface area contributed by atoms with E-state index < -0.39 is 10.8 Å². The maximum absolute atomic E-state index is 12.6. The first kappa shape index (κ1) is 19.0. The minimum absolute atomic E-state index is 0.0134. The lowest BCUT2D eigenvalue weighted by molar-refractivity contribution is -0.385. The van der Waals surface area contributed by atoms with Crippen LogP contribution in [0.3, 0.4) is 0 Å². The molecule has 1 aliphatic heterocycles. The van der Waals surface area contributed by atoms with Crippen molar-refractivity contribution in [1.29, 1.82) is 0 Å². The summed E-state index contributed by atoms with van der Waals surface area (Å²) in [5, 5.41) is 14.1. The molecule has 1 unspecified atom stereocenters. The lowest BCUT2D eigenvalue weighted by Crippen LogP contribution is -2.43. The molecule has 1 fully saturated rings. The van der Waals surface area contributed by atoms with Gasteiger partial charge in [0.25, 0.3) is 11.6 Å². The number of para-hydroxylation sites is 1.